The number of benzene rings is 1. The number of carbonyl (C=O) groups excluding carboxylic acids is 2. The van der Waals surface area contributed by atoms with Crippen molar-refractivity contribution in [1.29, 1.82) is 0 Å². The number of rotatable bonds is 6. The molecule has 1 aromatic carbocycles. The Kier molecular flexibility index (Phi) is 6.29. The molecule has 0 saturated carbocycles. The highest BCUT2D eigenvalue weighted by Crippen LogP contribution is 2.27. The molecule has 0 radical (unpaired) electrons. The lowest BCUT2D eigenvalue weighted by Gasteiger charge is -2.12. The summed E-state index contributed by atoms with van der Waals surface area (Å²) in [5.74, 6) is -0.829. The Morgan fingerprint density at radius 3 is 2.44 bits per heavy atom. The summed E-state index contributed by atoms with van der Waals surface area (Å²) in [4.78, 5) is 27.2. The fourth-order valence-electron chi connectivity index (χ4n) is 2.46. The Morgan fingerprint density at radius 2 is 1.89 bits per heavy atom. The van der Waals surface area contributed by atoms with Crippen molar-refractivity contribution in [3.63, 3.8) is 0 Å². The zero-order valence-corrected chi connectivity index (χ0v) is 16.2. The number of hydrogen-bond donors (Lipinski definition) is 1. The number of carbonyl (C=O) groups is 2. The highest BCUT2D eigenvalue weighted by atomic mass is 32.2. The van der Waals surface area contributed by atoms with Crippen molar-refractivity contribution in [3.8, 4) is 11.1 Å². The first-order valence-corrected chi connectivity index (χ1v) is 9.73. The average Bonchev–Trinajstić information content (AvgIpc) is 2.58. The number of pyridine rings is 1. The van der Waals surface area contributed by atoms with Crippen LogP contribution in [0.2, 0.25) is 0 Å². The molecule has 1 heterocycles. The van der Waals surface area contributed by atoms with Gasteiger partial charge in [-0.15, -0.1) is 0 Å². The molecular weight excluding hydrogens is 372 g/mol. The van der Waals surface area contributed by atoms with E-state index in [1.54, 1.807) is 30.3 Å². The standard InChI is InChI=1S/C18H20N2O6S/c1-11-7-14(19-12(2)21)5-6-16(11)13-8-15(10-26-27(4,23)24)20-17(9-13)18(22)25-3/h5-9H,10H2,1-4H3,(H,19,21). The number of aryl methyl sites for hydroxylation is 1. The molecule has 2 aromatic rings. The molecule has 27 heavy (non-hydrogen) atoms. The van der Waals surface area contributed by atoms with Crippen molar-refractivity contribution >= 4 is 27.7 Å². The first-order valence-electron chi connectivity index (χ1n) is 7.91. The van der Waals surface area contributed by atoms with Crippen molar-refractivity contribution in [1.82, 2.24) is 4.98 Å². The number of methoxy groups -OCH3 is 1. The maximum absolute atomic E-state index is 11.9. The van der Waals surface area contributed by atoms with Crippen LogP contribution in [0.1, 0.15) is 28.7 Å². The zero-order chi connectivity index (χ0) is 20.2. The molecule has 1 N–H and O–H groups in total. The number of esters is 1. The summed E-state index contributed by atoms with van der Waals surface area (Å²) in [6, 6.07) is 8.50. The number of anilines is 1. The summed E-state index contributed by atoms with van der Waals surface area (Å²) in [5.41, 5.74) is 3.22. The van der Waals surface area contributed by atoms with Crippen LogP contribution in [0.3, 0.4) is 0 Å². The predicted molar refractivity (Wildman–Crippen MR) is 99.7 cm³/mol. The minimum absolute atomic E-state index is 0.0347. The summed E-state index contributed by atoms with van der Waals surface area (Å²) < 4.78 is 32.0. The number of hydrogen-bond acceptors (Lipinski definition) is 7. The Bertz CT molecular complexity index is 985. The second kappa shape index (κ2) is 8.28. The Balaban J connectivity index is 2.48. The Labute approximate surface area is 157 Å². The van der Waals surface area contributed by atoms with Gasteiger partial charge in [-0.05, 0) is 47.9 Å². The van der Waals surface area contributed by atoms with Crippen LogP contribution in [0, 0.1) is 6.92 Å². The number of amides is 1. The molecule has 0 spiro atoms. The van der Waals surface area contributed by atoms with Crippen LogP contribution in [-0.4, -0.2) is 38.6 Å². The van der Waals surface area contributed by atoms with Crippen molar-refractivity contribution in [2.75, 3.05) is 18.7 Å². The smallest absolute Gasteiger partial charge is 0.356 e. The molecular formula is C18H20N2O6S. The third-order valence-electron chi connectivity index (χ3n) is 3.55. The third kappa shape index (κ3) is 5.87. The summed E-state index contributed by atoms with van der Waals surface area (Å²) >= 11 is 0. The van der Waals surface area contributed by atoms with Gasteiger partial charge in [0.25, 0.3) is 10.1 Å². The molecule has 1 amide bonds. The highest BCUT2D eigenvalue weighted by molar-refractivity contribution is 7.85. The summed E-state index contributed by atoms with van der Waals surface area (Å²) in [7, 11) is -2.43. The molecule has 0 fully saturated rings. The molecule has 0 atom stereocenters. The molecule has 0 bridgehead atoms. The van der Waals surface area contributed by atoms with Gasteiger partial charge in [0.2, 0.25) is 5.91 Å². The largest absolute Gasteiger partial charge is 0.464 e. The average molecular weight is 392 g/mol. The fourth-order valence-corrected chi connectivity index (χ4v) is 2.80. The number of nitrogens with zero attached hydrogens (tertiary/aromatic N) is 1. The number of aromatic nitrogens is 1. The molecule has 8 nitrogen and oxygen atoms in total. The summed E-state index contributed by atoms with van der Waals surface area (Å²) in [6.07, 6.45) is 0.933. The van der Waals surface area contributed by atoms with Gasteiger partial charge >= 0.3 is 5.97 Å². The topological polar surface area (TPSA) is 112 Å². The second-order valence-electron chi connectivity index (χ2n) is 5.90. The molecule has 0 aliphatic heterocycles. The molecule has 0 aliphatic carbocycles. The summed E-state index contributed by atoms with van der Waals surface area (Å²) in [5, 5.41) is 2.70. The third-order valence-corrected chi connectivity index (χ3v) is 4.10. The zero-order valence-electron chi connectivity index (χ0n) is 15.4. The van der Waals surface area contributed by atoms with Crippen LogP contribution in [0.5, 0.6) is 0 Å². The Hall–Kier alpha value is -2.78. The van der Waals surface area contributed by atoms with Crippen molar-refractivity contribution in [3.05, 3.63) is 47.3 Å². The number of ether oxygens (including phenoxy) is 1. The van der Waals surface area contributed by atoms with Crippen molar-refractivity contribution in [2.45, 2.75) is 20.5 Å². The molecule has 9 heteroatoms. The van der Waals surface area contributed by atoms with E-state index in [-0.39, 0.29) is 23.9 Å². The minimum Gasteiger partial charge on any atom is -0.464 e. The highest BCUT2D eigenvalue weighted by Gasteiger charge is 2.15. The maximum Gasteiger partial charge on any atom is 0.356 e. The Morgan fingerprint density at radius 1 is 1.19 bits per heavy atom. The molecule has 0 saturated heterocycles. The van der Waals surface area contributed by atoms with E-state index in [0.29, 0.717) is 11.3 Å². The van der Waals surface area contributed by atoms with Gasteiger partial charge in [-0.3, -0.25) is 8.98 Å². The van der Waals surface area contributed by atoms with Gasteiger partial charge in [0.15, 0.2) is 0 Å². The van der Waals surface area contributed by atoms with E-state index in [0.717, 1.165) is 17.4 Å². The van der Waals surface area contributed by atoms with E-state index in [2.05, 4.69) is 10.3 Å². The fraction of sp³-hybridized carbons (Fsp3) is 0.278. The maximum atomic E-state index is 11.9. The SMILES string of the molecule is COC(=O)c1cc(-c2ccc(NC(C)=O)cc2C)cc(COS(C)(=O)=O)n1. The van der Waals surface area contributed by atoms with E-state index >= 15 is 0 Å². The molecule has 0 aliphatic rings. The minimum atomic E-state index is -3.66. The summed E-state index contributed by atoms with van der Waals surface area (Å²) in [6.45, 7) is 2.97. The monoisotopic (exact) mass is 392 g/mol. The van der Waals surface area contributed by atoms with Crippen LogP contribution in [0.15, 0.2) is 30.3 Å². The van der Waals surface area contributed by atoms with E-state index < -0.39 is 16.1 Å². The second-order valence-corrected chi connectivity index (χ2v) is 7.55. The first-order chi connectivity index (χ1) is 12.6. The van der Waals surface area contributed by atoms with Gasteiger partial charge < -0.3 is 10.1 Å². The lowest BCUT2D eigenvalue weighted by Crippen LogP contribution is -2.09. The van der Waals surface area contributed by atoms with E-state index in [1.165, 1.54) is 14.0 Å². The van der Waals surface area contributed by atoms with Crippen LogP contribution >= 0.6 is 0 Å². The van der Waals surface area contributed by atoms with Crippen molar-refractivity contribution < 1.29 is 26.9 Å². The van der Waals surface area contributed by atoms with Crippen LogP contribution in [0.25, 0.3) is 11.1 Å². The predicted octanol–water partition coefficient (Wildman–Crippen LogP) is 2.28. The first kappa shape index (κ1) is 20.5. The number of nitrogens with one attached hydrogen (secondary N) is 1. The van der Waals surface area contributed by atoms with Crippen LogP contribution < -0.4 is 5.32 Å². The molecule has 0 unspecified atom stereocenters. The van der Waals surface area contributed by atoms with Crippen LogP contribution in [0.4, 0.5) is 5.69 Å². The van der Waals surface area contributed by atoms with E-state index in [9.17, 15) is 18.0 Å². The van der Waals surface area contributed by atoms with E-state index in [1.807, 2.05) is 6.92 Å². The van der Waals surface area contributed by atoms with Gasteiger partial charge in [-0.25, -0.2) is 9.78 Å². The van der Waals surface area contributed by atoms with Crippen LogP contribution in [-0.2, 0) is 30.4 Å². The molecule has 144 valence electrons. The quantitative estimate of drug-likeness (QED) is 0.593. The van der Waals surface area contributed by atoms with Gasteiger partial charge in [0.1, 0.15) is 12.3 Å². The van der Waals surface area contributed by atoms with E-state index in [4.69, 9.17) is 8.92 Å². The van der Waals surface area contributed by atoms with Gasteiger partial charge in [0, 0.05) is 12.6 Å². The lowest BCUT2D eigenvalue weighted by atomic mass is 9.99. The molecule has 2 rings (SSSR count). The normalized spacial score (nSPS) is 11.1. The lowest BCUT2D eigenvalue weighted by molar-refractivity contribution is -0.114. The van der Waals surface area contributed by atoms with Crippen molar-refractivity contribution in [2.24, 2.45) is 0 Å². The van der Waals surface area contributed by atoms with Gasteiger partial charge in [0.05, 0.1) is 19.1 Å². The van der Waals surface area contributed by atoms with Gasteiger partial charge in [-0.1, -0.05) is 6.07 Å². The van der Waals surface area contributed by atoms with Gasteiger partial charge in [-0.2, -0.15) is 8.42 Å². The molecule has 1 aromatic heterocycles.